The Morgan fingerprint density at radius 2 is 1.26 bits per heavy atom. The van der Waals surface area contributed by atoms with E-state index in [0.29, 0.717) is 5.57 Å². The number of halogens is 1. The molecule has 2 rings (SSSR count). The first-order chi connectivity index (χ1) is 16.2. The Hall–Kier alpha value is -2.72. The van der Waals surface area contributed by atoms with Crippen molar-refractivity contribution in [1.29, 1.82) is 0 Å². The van der Waals surface area contributed by atoms with Gasteiger partial charge in [-0.2, -0.15) is 0 Å². The van der Waals surface area contributed by atoms with Gasteiger partial charge in [0.25, 0.3) is 19.7 Å². The van der Waals surface area contributed by atoms with E-state index in [2.05, 4.69) is 38.8 Å². The van der Waals surface area contributed by atoms with Crippen LogP contribution >= 0.6 is 15.9 Å². The molecule has 0 N–H and O–H groups in total. The third-order valence-corrected chi connectivity index (χ3v) is 8.55. The maximum atomic E-state index is 12.2. The SMILES string of the molecule is C=C(C)CBr.[C-]#[N+]C(CC(=C)C)S(=O)(=O)c1ccc(C)cc1.[C-]#[N+]CS(=O)(=O)c1ccc(C)cc1. The Bertz CT molecular complexity index is 1290. The van der Waals surface area contributed by atoms with Gasteiger partial charge in [0.15, 0.2) is 0 Å². The topological polar surface area (TPSA) is 77.0 Å². The number of rotatable bonds is 7. The Morgan fingerprint density at radius 3 is 1.57 bits per heavy atom. The number of allylic oxidation sites excluding steroid dienone is 1. The molecule has 35 heavy (non-hydrogen) atoms. The number of hydrogen-bond donors (Lipinski definition) is 0. The highest BCUT2D eigenvalue weighted by Crippen LogP contribution is 2.22. The second kappa shape index (κ2) is 15.3. The van der Waals surface area contributed by atoms with E-state index in [-0.39, 0.29) is 16.2 Å². The van der Waals surface area contributed by atoms with Gasteiger partial charge in [0.2, 0.25) is 0 Å². The lowest BCUT2D eigenvalue weighted by Gasteiger charge is -2.07. The number of benzene rings is 2. The Labute approximate surface area is 219 Å². The highest BCUT2D eigenvalue weighted by Gasteiger charge is 2.32. The molecule has 2 aromatic rings. The zero-order chi connectivity index (χ0) is 27.2. The average molecular weight is 580 g/mol. The lowest BCUT2D eigenvalue weighted by molar-refractivity contribution is 0.587. The molecule has 0 aliphatic rings. The third-order valence-electron chi connectivity index (χ3n) is 4.22. The molecular formula is C26H31BrN2O4S2. The molecule has 1 unspecified atom stereocenters. The lowest BCUT2D eigenvalue weighted by Crippen LogP contribution is -2.18. The molecule has 6 nitrogen and oxygen atoms in total. The van der Waals surface area contributed by atoms with E-state index in [1.54, 1.807) is 43.3 Å². The summed E-state index contributed by atoms with van der Waals surface area (Å²) in [5, 5.41) is -0.143. The lowest BCUT2D eigenvalue weighted by atomic mass is 10.2. The molecule has 0 aromatic heterocycles. The summed E-state index contributed by atoms with van der Waals surface area (Å²) in [7, 11) is -6.96. The standard InChI is InChI=1S/C13H15NO2S.C9H9NO2S.C4H7Br/c1-10(2)9-13(14-4)17(15,16)12-7-5-11(3)6-8-12;1-8-3-5-9(6-4-8)13(11,12)7-10-2;1-4(2)3-5/h5-8,13H,1,9H2,2-3H3;3-6H,7H2,1H3;1,3H2,2H3. The van der Waals surface area contributed by atoms with Crippen molar-refractivity contribution >= 4 is 35.6 Å². The Kier molecular flexibility index (Phi) is 14.1. The summed E-state index contributed by atoms with van der Waals surface area (Å²) in [5.74, 6) is -0.476. The van der Waals surface area contributed by atoms with Crippen LogP contribution in [0.2, 0.25) is 0 Å². The molecule has 0 aliphatic carbocycles. The van der Waals surface area contributed by atoms with Crippen molar-refractivity contribution < 1.29 is 16.8 Å². The summed E-state index contributed by atoms with van der Waals surface area (Å²) in [6.45, 7) is 28.3. The zero-order valence-corrected chi connectivity index (χ0v) is 23.7. The van der Waals surface area contributed by atoms with Gasteiger partial charge in [-0.1, -0.05) is 75.6 Å². The highest BCUT2D eigenvalue weighted by molar-refractivity contribution is 9.09. The number of sulfone groups is 2. The van der Waals surface area contributed by atoms with Gasteiger partial charge >= 0.3 is 11.3 Å². The van der Waals surface area contributed by atoms with E-state index in [9.17, 15) is 16.8 Å². The Balaban J connectivity index is 0.000000567. The first kappa shape index (κ1) is 32.3. The number of aryl methyl sites for hydroxylation is 2. The molecule has 0 heterocycles. The van der Waals surface area contributed by atoms with Crippen LogP contribution in [0.1, 0.15) is 31.4 Å². The molecule has 9 heteroatoms. The molecule has 0 aliphatic heterocycles. The minimum absolute atomic E-state index is 0.180. The molecule has 188 valence electrons. The first-order valence-electron chi connectivity index (χ1n) is 10.4. The molecule has 0 bridgehead atoms. The van der Waals surface area contributed by atoms with Crippen molar-refractivity contribution in [3.63, 3.8) is 0 Å². The second-order valence-corrected chi connectivity index (χ2v) is 12.5. The minimum Gasteiger partial charge on any atom is -0.299 e. The van der Waals surface area contributed by atoms with Gasteiger partial charge in [0.05, 0.1) is 16.2 Å². The van der Waals surface area contributed by atoms with Crippen LogP contribution < -0.4 is 0 Å². The summed E-state index contributed by atoms with van der Waals surface area (Å²) < 4.78 is 47.0. The van der Waals surface area contributed by atoms with Crippen molar-refractivity contribution in [3.8, 4) is 0 Å². The third kappa shape index (κ3) is 12.0. The quantitative estimate of drug-likeness (QED) is 0.211. The van der Waals surface area contributed by atoms with Crippen LogP contribution in [-0.2, 0) is 19.7 Å². The van der Waals surface area contributed by atoms with Crippen LogP contribution in [0.5, 0.6) is 0 Å². The summed E-state index contributed by atoms with van der Waals surface area (Å²) >= 11 is 3.21. The maximum Gasteiger partial charge on any atom is 0.328 e. The van der Waals surface area contributed by atoms with E-state index < -0.39 is 30.9 Å². The molecule has 0 saturated carbocycles. The maximum absolute atomic E-state index is 12.2. The van der Waals surface area contributed by atoms with E-state index in [0.717, 1.165) is 16.5 Å². The van der Waals surface area contributed by atoms with Gasteiger partial charge in [-0.15, -0.1) is 0 Å². The fourth-order valence-electron chi connectivity index (χ4n) is 2.31. The fraction of sp³-hybridized carbons (Fsp3) is 0.308. The van der Waals surface area contributed by atoms with Gasteiger partial charge in [0, 0.05) is 5.33 Å². The monoisotopic (exact) mass is 578 g/mol. The van der Waals surface area contributed by atoms with Crippen molar-refractivity contribution in [1.82, 2.24) is 0 Å². The van der Waals surface area contributed by atoms with E-state index in [1.807, 2.05) is 20.8 Å². The molecule has 0 fully saturated rings. The van der Waals surface area contributed by atoms with Gasteiger partial charge in [-0.3, -0.25) is 9.69 Å². The van der Waals surface area contributed by atoms with Crippen LogP contribution in [0.25, 0.3) is 9.69 Å². The summed E-state index contributed by atoms with van der Waals surface area (Å²) in [4.78, 5) is 6.48. The summed E-state index contributed by atoms with van der Waals surface area (Å²) in [6, 6.07) is 13.0. The Morgan fingerprint density at radius 1 is 0.857 bits per heavy atom. The van der Waals surface area contributed by atoms with Crippen LogP contribution in [0.4, 0.5) is 0 Å². The van der Waals surface area contributed by atoms with Crippen LogP contribution in [0.15, 0.2) is 82.6 Å². The van der Waals surface area contributed by atoms with E-state index in [1.165, 1.54) is 17.7 Å². The van der Waals surface area contributed by atoms with Crippen molar-refractivity contribution in [2.45, 2.75) is 49.3 Å². The van der Waals surface area contributed by atoms with Crippen molar-refractivity contribution in [2.24, 2.45) is 0 Å². The van der Waals surface area contributed by atoms with Gasteiger partial charge in [-0.05, 0) is 52.0 Å². The van der Waals surface area contributed by atoms with Gasteiger partial charge < -0.3 is 0 Å². The number of nitrogens with zero attached hydrogens (tertiary/aromatic N) is 2. The normalized spacial score (nSPS) is 11.3. The molecule has 0 amide bonds. The average Bonchev–Trinajstić information content (AvgIpc) is 2.78. The van der Waals surface area contributed by atoms with E-state index >= 15 is 0 Å². The number of hydrogen-bond acceptors (Lipinski definition) is 4. The van der Waals surface area contributed by atoms with Gasteiger partial charge in [-0.25, -0.2) is 30.0 Å². The molecule has 0 spiro atoms. The van der Waals surface area contributed by atoms with Crippen molar-refractivity contribution in [3.05, 3.63) is 107 Å². The first-order valence-corrected chi connectivity index (χ1v) is 14.7. The molecular weight excluding hydrogens is 548 g/mol. The largest absolute Gasteiger partial charge is 0.328 e. The highest BCUT2D eigenvalue weighted by atomic mass is 79.9. The van der Waals surface area contributed by atoms with Crippen molar-refractivity contribution in [2.75, 3.05) is 11.2 Å². The molecule has 0 radical (unpaired) electrons. The fourth-order valence-corrected chi connectivity index (χ4v) is 4.66. The van der Waals surface area contributed by atoms with E-state index in [4.69, 9.17) is 13.1 Å². The molecule has 1 atom stereocenters. The zero-order valence-electron chi connectivity index (χ0n) is 20.5. The van der Waals surface area contributed by atoms with Crippen LogP contribution in [-0.4, -0.2) is 33.4 Å². The predicted molar refractivity (Wildman–Crippen MR) is 147 cm³/mol. The smallest absolute Gasteiger partial charge is 0.299 e. The summed E-state index contributed by atoms with van der Waals surface area (Å²) in [6.07, 6.45) is 0.180. The van der Waals surface area contributed by atoms with Crippen LogP contribution in [0.3, 0.4) is 0 Å². The minimum atomic E-state index is -3.58. The van der Waals surface area contributed by atoms with Crippen LogP contribution in [0, 0.1) is 27.0 Å². The second-order valence-electron chi connectivity index (χ2n) is 7.91. The predicted octanol–water partition coefficient (Wildman–Crippen LogP) is 6.58. The number of alkyl halides is 1. The molecule has 0 saturated heterocycles. The van der Waals surface area contributed by atoms with Gasteiger partial charge in [0.1, 0.15) is 0 Å². The molecule has 2 aromatic carbocycles. The summed E-state index contributed by atoms with van der Waals surface area (Å²) in [5.41, 5.74) is 3.86.